The highest BCUT2D eigenvalue weighted by Gasteiger charge is 1.97. The van der Waals surface area contributed by atoms with Crippen LogP contribution in [-0.2, 0) is 0 Å². The maximum absolute atomic E-state index is 12.6. The first kappa shape index (κ1) is 10.4. The molecule has 0 heterocycles. The van der Waals surface area contributed by atoms with Crippen molar-refractivity contribution in [1.29, 1.82) is 0 Å². The van der Waals surface area contributed by atoms with Gasteiger partial charge >= 0.3 is 0 Å². The zero-order valence-electron chi connectivity index (χ0n) is 7.65. The van der Waals surface area contributed by atoms with Crippen LogP contribution in [0.1, 0.15) is 33.6 Å². The molecule has 0 bridgehead atoms. The molecule has 0 radical (unpaired) electrons. The van der Waals surface area contributed by atoms with Crippen LogP contribution in [0.3, 0.4) is 0 Å². The molecular weight excluding hydrogens is 139 g/mol. The largest absolute Gasteiger partial charge is 0.212 e. The van der Waals surface area contributed by atoms with Crippen molar-refractivity contribution in [2.75, 3.05) is 0 Å². The highest BCUT2D eigenvalue weighted by Crippen LogP contribution is 2.13. The molecule has 0 atom stereocenters. The van der Waals surface area contributed by atoms with Gasteiger partial charge in [-0.1, -0.05) is 32.9 Å². The van der Waals surface area contributed by atoms with Gasteiger partial charge in [-0.05, 0) is 24.8 Å². The van der Waals surface area contributed by atoms with Crippen LogP contribution in [0, 0.1) is 5.92 Å². The van der Waals surface area contributed by atoms with Crippen molar-refractivity contribution in [2.24, 2.45) is 5.92 Å². The van der Waals surface area contributed by atoms with E-state index in [-0.39, 0.29) is 5.83 Å². The lowest BCUT2D eigenvalue weighted by Crippen LogP contribution is -1.88. The van der Waals surface area contributed by atoms with Crippen LogP contribution in [0.2, 0.25) is 0 Å². The van der Waals surface area contributed by atoms with E-state index >= 15 is 0 Å². The molecule has 0 spiro atoms. The number of hydrogen-bond acceptors (Lipinski definition) is 0. The van der Waals surface area contributed by atoms with E-state index in [4.69, 9.17) is 0 Å². The number of halogens is 1. The van der Waals surface area contributed by atoms with Gasteiger partial charge in [0.25, 0.3) is 0 Å². The average Bonchev–Trinajstić information content (AvgIpc) is 1.85. The molecule has 0 fully saturated rings. The van der Waals surface area contributed by atoms with Gasteiger partial charge in [0.2, 0.25) is 0 Å². The maximum atomic E-state index is 12.6. The van der Waals surface area contributed by atoms with Crippen molar-refractivity contribution in [2.45, 2.75) is 33.6 Å². The Bertz CT molecular complexity index is 154. The van der Waals surface area contributed by atoms with Crippen LogP contribution in [0.4, 0.5) is 4.39 Å². The van der Waals surface area contributed by atoms with E-state index in [1.54, 1.807) is 13.0 Å². The zero-order valence-corrected chi connectivity index (χ0v) is 7.65. The normalized spacial score (nSPS) is 12.3. The molecule has 0 nitrogen and oxygen atoms in total. The summed E-state index contributed by atoms with van der Waals surface area (Å²) < 4.78 is 12.6. The Hall–Kier alpha value is -0.590. The summed E-state index contributed by atoms with van der Waals surface area (Å²) in [7, 11) is 0. The Morgan fingerprint density at radius 2 is 2.09 bits per heavy atom. The van der Waals surface area contributed by atoms with Crippen LogP contribution >= 0.6 is 0 Å². The number of rotatable bonds is 4. The van der Waals surface area contributed by atoms with Gasteiger partial charge < -0.3 is 0 Å². The van der Waals surface area contributed by atoms with E-state index in [1.807, 2.05) is 0 Å². The summed E-state index contributed by atoms with van der Waals surface area (Å²) in [4.78, 5) is 0. The van der Waals surface area contributed by atoms with Gasteiger partial charge in [-0.25, -0.2) is 4.39 Å². The fraction of sp³-hybridized carbons (Fsp3) is 0.600. The molecule has 0 aliphatic rings. The zero-order chi connectivity index (χ0) is 8.85. The van der Waals surface area contributed by atoms with E-state index in [1.165, 1.54) is 0 Å². The molecule has 0 aliphatic heterocycles. The van der Waals surface area contributed by atoms with Crippen molar-refractivity contribution in [3.63, 3.8) is 0 Å². The molecule has 0 aromatic rings. The second kappa shape index (κ2) is 5.11. The smallest absolute Gasteiger partial charge is 0.0999 e. The van der Waals surface area contributed by atoms with Crippen LogP contribution in [0.25, 0.3) is 0 Å². The Morgan fingerprint density at radius 1 is 1.55 bits per heavy atom. The summed E-state index contributed by atoms with van der Waals surface area (Å²) in [5, 5.41) is 0. The minimum Gasteiger partial charge on any atom is -0.212 e. The molecule has 0 aromatic carbocycles. The van der Waals surface area contributed by atoms with Crippen LogP contribution in [-0.4, -0.2) is 0 Å². The molecule has 0 N–H and O–H groups in total. The molecule has 11 heavy (non-hydrogen) atoms. The monoisotopic (exact) mass is 156 g/mol. The quantitative estimate of drug-likeness (QED) is 0.542. The number of hydrogen-bond donors (Lipinski definition) is 0. The lowest BCUT2D eigenvalue weighted by Gasteiger charge is -2.03. The molecule has 0 rings (SSSR count). The molecule has 0 saturated heterocycles. The maximum Gasteiger partial charge on any atom is 0.0999 e. The summed E-state index contributed by atoms with van der Waals surface area (Å²) in [6, 6.07) is 0. The minimum absolute atomic E-state index is 0.0735. The Morgan fingerprint density at radius 3 is 2.45 bits per heavy atom. The molecule has 0 amide bonds. The van der Waals surface area contributed by atoms with Crippen LogP contribution in [0.15, 0.2) is 24.1 Å². The standard InChI is InChI=1S/C10H17F/c1-5-10(11)7-9(4)6-8(2)3/h7-8H,4-6H2,1-3H3/b10-7+. The van der Waals surface area contributed by atoms with Gasteiger partial charge in [0.05, 0.1) is 5.83 Å². The van der Waals surface area contributed by atoms with Gasteiger partial charge in [0.1, 0.15) is 0 Å². The molecular formula is C10H17F. The SMILES string of the molecule is C=C(/C=C(/F)CC)CC(C)C. The average molecular weight is 156 g/mol. The number of allylic oxidation sites excluding steroid dienone is 3. The van der Waals surface area contributed by atoms with Gasteiger partial charge in [-0.3, -0.25) is 0 Å². The van der Waals surface area contributed by atoms with E-state index in [0.29, 0.717) is 12.3 Å². The predicted octanol–water partition coefficient (Wildman–Crippen LogP) is 3.85. The lowest BCUT2D eigenvalue weighted by molar-refractivity contribution is 0.597. The fourth-order valence-corrected chi connectivity index (χ4v) is 0.907. The second-order valence-corrected chi connectivity index (χ2v) is 3.20. The third-order valence-electron chi connectivity index (χ3n) is 1.37. The molecule has 0 aliphatic carbocycles. The van der Waals surface area contributed by atoms with Crippen molar-refractivity contribution < 1.29 is 4.39 Å². The molecule has 0 saturated carbocycles. The van der Waals surface area contributed by atoms with Crippen molar-refractivity contribution in [3.8, 4) is 0 Å². The third kappa shape index (κ3) is 5.84. The topological polar surface area (TPSA) is 0 Å². The first-order valence-corrected chi connectivity index (χ1v) is 4.10. The summed E-state index contributed by atoms with van der Waals surface area (Å²) in [6.45, 7) is 9.77. The summed E-state index contributed by atoms with van der Waals surface area (Å²) in [6.07, 6.45) is 2.89. The first-order valence-electron chi connectivity index (χ1n) is 4.10. The Balaban J connectivity index is 3.86. The minimum atomic E-state index is -0.0735. The summed E-state index contributed by atoms with van der Waals surface area (Å²) in [5.41, 5.74) is 0.888. The van der Waals surface area contributed by atoms with E-state index in [9.17, 15) is 4.39 Å². The lowest BCUT2D eigenvalue weighted by atomic mass is 10.0. The predicted molar refractivity (Wildman–Crippen MR) is 48.1 cm³/mol. The highest BCUT2D eigenvalue weighted by atomic mass is 19.1. The van der Waals surface area contributed by atoms with E-state index in [0.717, 1.165) is 12.0 Å². The fourth-order valence-electron chi connectivity index (χ4n) is 0.907. The molecule has 0 unspecified atom stereocenters. The van der Waals surface area contributed by atoms with Crippen molar-refractivity contribution in [3.05, 3.63) is 24.1 Å². The molecule has 64 valence electrons. The third-order valence-corrected chi connectivity index (χ3v) is 1.37. The van der Waals surface area contributed by atoms with Crippen molar-refractivity contribution in [1.82, 2.24) is 0 Å². The molecule has 0 aromatic heterocycles. The molecule has 1 heteroatoms. The Labute approximate surface area is 68.8 Å². The van der Waals surface area contributed by atoms with Gasteiger partial charge in [0.15, 0.2) is 0 Å². The van der Waals surface area contributed by atoms with Gasteiger partial charge in [-0.15, -0.1) is 0 Å². The second-order valence-electron chi connectivity index (χ2n) is 3.20. The van der Waals surface area contributed by atoms with E-state index < -0.39 is 0 Å². The van der Waals surface area contributed by atoms with Crippen LogP contribution < -0.4 is 0 Å². The van der Waals surface area contributed by atoms with Gasteiger partial charge in [-0.2, -0.15) is 0 Å². The van der Waals surface area contributed by atoms with Crippen LogP contribution in [0.5, 0.6) is 0 Å². The first-order chi connectivity index (χ1) is 5.06. The van der Waals surface area contributed by atoms with E-state index in [2.05, 4.69) is 20.4 Å². The Kier molecular flexibility index (Phi) is 4.84. The van der Waals surface area contributed by atoms with Gasteiger partial charge in [0, 0.05) is 0 Å². The summed E-state index contributed by atoms with van der Waals surface area (Å²) in [5.74, 6) is 0.485. The highest BCUT2D eigenvalue weighted by molar-refractivity contribution is 5.17. The summed E-state index contributed by atoms with van der Waals surface area (Å²) >= 11 is 0. The van der Waals surface area contributed by atoms with Crippen molar-refractivity contribution >= 4 is 0 Å².